The summed E-state index contributed by atoms with van der Waals surface area (Å²) in [6.07, 6.45) is 0.307. The number of benzene rings is 1. The standard InChI is InChI=1S/C11H10N2O3/c14-10-8(9(11(15)16)12-13-10)6-7-4-2-1-3-5-7/h1-5H,6H2,(H,15,16)(H2,12,13,14). The Morgan fingerprint density at radius 1 is 1.19 bits per heavy atom. The number of nitrogens with one attached hydrogen (secondary N) is 2. The number of hydrogen-bond acceptors (Lipinski definition) is 2. The summed E-state index contributed by atoms with van der Waals surface area (Å²) in [5, 5.41) is 13.5. The molecule has 0 aliphatic heterocycles. The molecule has 0 atom stereocenters. The van der Waals surface area contributed by atoms with Gasteiger partial charge in [0.15, 0.2) is 0 Å². The van der Waals surface area contributed by atoms with Crippen molar-refractivity contribution in [3.63, 3.8) is 0 Å². The van der Waals surface area contributed by atoms with Crippen LogP contribution in [0.25, 0.3) is 0 Å². The lowest BCUT2D eigenvalue weighted by molar-refractivity contribution is 0.0689. The summed E-state index contributed by atoms with van der Waals surface area (Å²) in [5.41, 5.74) is 0.684. The first-order valence-corrected chi connectivity index (χ1v) is 4.75. The maximum atomic E-state index is 11.4. The number of H-pyrrole nitrogens is 2. The summed E-state index contributed by atoms with van der Waals surface area (Å²) < 4.78 is 0. The van der Waals surface area contributed by atoms with Crippen molar-refractivity contribution in [1.82, 2.24) is 10.2 Å². The van der Waals surface area contributed by atoms with Crippen LogP contribution in [0.1, 0.15) is 21.6 Å². The van der Waals surface area contributed by atoms with Crippen LogP contribution in [0.4, 0.5) is 0 Å². The molecule has 1 aromatic carbocycles. The smallest absolute Gasteiger partial charge is 0.354 e. The van der Waals surface area contributed by atoms with E-state index in [0.29, 0.717) is 6.42 Å². The van der Waals surface area contributed by atoms with Gasteiger partial charge in [-0.3, -0.25) is 15.0 Å². The van der Waals surface area contributed by atoms with Gasteiger partial charge in [0.05, 0.1) is 5.56 Å². The van der Waals surface area contributed by atoms with Gasteiger partial charge in [0.1, 0.15) is 5.69 Å². The topological polar surface area (TPSA) is 85.9 Å². The Bertz CT molecular complexity index is 554. The molecule has 0 radical (unpaired) electrons. The molecule has 0 saturated heterocycles. The number of carboxylic acids is 1. The third-order valence-corrected chi connectivity index (χ3v) is 2.31. The van der Waals surface area contributed by atoms with Gasteiger partial charge in [0.25, 0.3) is 5.56 Å². The Hall–Kier alpha value is -2.30. The summed E-state index contributed by atoms with van der Waals surface area (Å²) in [6.45, 7) is 0. The number of carboxylic acid groups (broad SMARTS) is 1. The van der Waals surface area contributed by atoms with Crippen molar-refractivity contribution in [2.24, 2.45) is 0 Å². The summed E-state index contributed by atoms with van der Waals surface area (Å²) in [5.74, 6) is -1.13. The molecule has 0 fully saturated rings. The molecule has 0 spiro atoms. The van der Waals surface area contributed by atoms with Crippen LogP contribution in [-0.4, -0.2) is 21.3 Å². The molecule has 82 valence electrons. The van der Waals surface area contributed by atoms with Gasteiger partial charge in [-0.05, 0) is 5.56 Å². The van der Waals surface area contributed by atoms with Gasteiger partial charge < -0.3 is 5.11 Å². The van der Waals surface area contributed by atoms with Crippen LogP contribution in [0.5, 0.6) is 0 Å². The monoisotopic (exact) mass is 218 g/mol. The fourth-order valence-electron chi connectivity index (χ4n) is 1.53. The molecule has 3 N–H and O–H groups in total. The molecule has 1 aromatic heterocycles. The minimum Gasteiger partial charge on any atom is -0.477 e. The summed E-state index contributed by atoms with van der Waals surface area (Å²) in [6, 6.07) is 9.24. The van der Waals surface area contributed by atoms with Crippen LogP contribution in [0, 0.1) is 0 Å². The number of aromatic carboxylic acids is 1. The van der Waals surface area contributed by atoms with Crippen LogP contribution < -0.4 is 5.56 Å². The molecule has 16 heavy (non-hydrogen) atoms. The van der Waals surface area contributed by atoms with Gasteiger partial charge in [-0.25, -0.2) is 4.79 Å². The largest absolute Gasteiger partial charge is 0.477 e. The van der Waals surface area contributed by atoms with E-state index in [0.717, 1.165) is 5.56 Å². The van der Waals surface area contributed by atoms with Crippen LogP contribution in [0.2, 0.25) is 0 Å². The van der Waals surface area contributed by atoms with E-state index in [9.17, 15) is 9.59 Å². The highest BCUT2D eigenvalue weighted by Gasteiger charge is 2.15. The number of rotatable bonds is 3. The van der Waals surface area contributed by atoms with E-state index in [1.807, 2.05) is 30.3 Å². The zero-order chi connectivity index (χ0) is 11.5. The first-order chi connectivity index (χ1) is 7.68. The van der Waals surface area contributed by atoms with Crippen molar-refractivity contribution in [1.29, 1.82) is 0 Å². The minimum absolute atomic E-state index is 0.0751. The van der Waals surface area contributed by atoms with E-state index in [2.05, 4.69) is 10.2 Å². The number of aromatic nitrogens is 2. The van der Waals surface area contributed by atoms with Crippen molar-refractivity contribution in [2.45, 2.75) is 6.42 Å². The summed E-state index contributed by atoms with van der Waals surface area (Å²) in [4.78, 5) is 22.2. The van der Waals surface area contributed by atoms with Crippen molar-refractivity contribution in [3.05, 3.63) is 57.5 Å². The molecule has 2 rings (SSSR count). The minimum atomic E-state index is -1.13. The van der Waals surface area contributed by atoms with Crippen molar-refractivity contribution >= 4 is 5.97 Å². The SMILES string of the molecule is O=C(O)c1[nH][nH]c(=O)c1Cc1ccccc1. The lowest BCUT2D eigenvalue weighted by atomic mass is 10.1. The van der Waals surface area contributed by atoms with Crippen molar-refractivity contribution in [2.75, 3.05) is 0 Å². The van der Waals surface area contributed by atoms with Gasteiger partial charge in [-0.1, -0.05) is 30.3 Å². The quantitative estimate of drug-likeness (QED) is 0.718. The maximum absolute atomic E-state index is 11.4. The lowest BCUT2D eigenvalue weighted by Crippen LogP contribution is -2.10. The van der Waals surface area contributed by atoms with Crippen LogP contribution in [0.15, 0.2) is 35.1 Å². The molecule has 0 amide bonds. The normalized spacial score (nSPS) is 10.2. The average Bonchev–Trinajstić information content (AvgIpc) is 2.62. The van der Waals surface area contributed by atoms with Gasteiger partial charge in [-0.15, -0.1) is 0 Å². The molecule has 1 heterocycles. The second-order valence-corrected chi connectivity index (χ2v) is 3.40. The Morgan fingerprint density at radius 2 is 1.88 bits per heavy atom. The molecule has 0 saturated carbocycles. The highest BCUT2D eigenvalue weighted by molar-refractivity contribution is 5.87. The molecule has 0 aliphatic rings. The molecule has 2 aromatic rings. The fraction of sp³-hybridized carbons (Fsp3) is 0.0909. The van der Waals surface area contributed by atoms with Gasteiger partial charge >= 0.3 is 5.97 Å². The zero-order valence-corrected chi connectivity index (χ0v) is 8.36. The highest BCUT2D eigenvalue weighted by atomic mass is 16.4. The molecule has 0 aliphatic carbocycles. The van der Waals surface area contributed by atoms with Gasteiger partial charge in [0.2, 0.25) is 0 Å². The first-order valence-electron chi connectivity index (χ1n) is 4.75. The predicted molar refractivity (Wildman–Crippen MR) is 57.6 cm³/mol. The molecule has 0 bridgehead atoms. The van der Waals surface area contributed by atoms with E-state index in [1.165, 1.54) is 0 Å². The predicted octanol–water partition coefficient (Wildman–Crippen LogP) is 0.992. The molecular weight excluding hydrogens is 208 g/mol. The molecule has 5 heteroatoms. The van der Waals surface area contributed by atoms with Gasteiger partial charge in [-0.2, -0.15) is 0 Å². The number of aromatic amines is 2. The second-order valence-electron chi connectivity index (χ2n) is 3.40. The van der Waals surface area contributed by atoms with Crippen molar-refractivity contribution in [3.8, 4) is 0 Å². The molecular formula is C11H10N2O3. The molecule has 5 nitrogen and oxygen atoms in total. The molecule has 0 unspecified atom stereocenters. The summed E-state index contributed by atoms with van der Waals surface area (Å²) in [7, 11) is 0. The van der Waals surface area contributed by atoms with Crippen LogP contribution in [0.3, 0.4) is 0 Å². The first kappa shape index (κ1) is 10.2. The van der Waals surface area contributed by atoms with E-state index in [4.69, 9.17) is 5.11 Å². The van der Waals surface area contributed by atoms with Crippen molar-refractivity contribution < 1.29 is 9.90 Å². The fourth-order valence-corrected chi connectivity index (χ4v) is 1.53. The van der Waals surface area contributed by atoms with E-state index in [-0.39, 0.29) is 16.8 Å². The third-order valence-electron chi connectivity index (χ3n) is 2.31. The summed E-state index contributed by atoms with van der Waals surface area (Å²) >= 11 is 0. The van der Waals surface area contributed by atoms with E-state index < -0.39 is 5.97 Å². The maximum Gasteiger partial charge on any atom is 0.354 e. The Morgan fingerprint density at radius 3 is 2.50 bits per heavy atom. The second kappa shape index (κ2) is 4.06. The Balaban J connectivity index is 2.38. The number of carbonyl (C=O) groups is 1. The average molecular weight is 218 g/mol. The lowest BCUT2D eigenvalue weighted by Gasteiger charge is -1.98. The Labute approximate surface area is 90.7 Å². The highest BCUT2D eigenvalue weighted by Crippen LogP contribution is 2.08. The van der Waals surface area contributed by atoms with E-state index in [1.54, 1.807) is 0 Å². The van der Waals surface area contributed by atoms with Crippen LogP contribution in [-0.2, 0) is 6.42 Å². The number of hydrogen-bond donors (Lipinski definition) is 3. The zero-order valence-electron chi connectivity index (χ0n) is 8.36. The van der Waals surface area contributed by atoms with E-state index >= 15 is 0 Å². The van der Waals surface area contributed by atoms with Crippen LogP contribution >= 0.6 is 0 Å². The third kappa shape index (κ3) is 1.88. The van der Waals surface area contributed by atoms with Gasteiger partial charge in [0, 0.05) is 6.42 Å². The Kier molecular flexibility index (Phi) is 2.59.